The average Bonchev–Trinajstić information content (AvgIpc) is 3.09. The summed E-state index contributed by atoms with van der Waals surface area (Å²) in [7, 11) is 0. The van der Waals surface area contributed by atoms with Gasteiger partial charge in [0, 0.05) is 11.1 Å². The molecule has 3 aromatic rings. The fourth-order valence-electron chi connectivity index (χ4n) is 3.49. The maximum absolute atomic E-state index is 13.0. The van der Waals surface area contributed by atoms with Crippen LogP contribution in [0.3, 0.4) is 0 Å². The molecule has 30 heavy (non-hydrogen) atoms. The van der Waals surface area contributed by atoms with E-state index in [-0.39, 0.29) is 35.2 Å². The van der Waals surface area contributed by atoms with Crippen LogP contribution in [-0.2, 0) is 11.3 Å². The first-order valence-corrected chi connectivity index (χ1v) is 10.6. The van der Waals surface area contributed by atoms with E-state index >= 15 is 0 Å². The van der Waals surface area contributed by atoms with Crippen LogP contribution >= 0.6 is 11.3 Å². The van der Waals surface area contributed by atoms with E-state index in [1.165, 1.54) is 9.95 Å². The topological polar surface area (TPSA) is 101 Å². The second-order valence-electron chi connectivity index (χ2n) is 7.85. The maximum atomic E-state index is 13.0. The SMILES string of the molecule is Cc1nc2scc(C(=O)O)c2c(=O)n1CC(=O)Nc1c(C(C)C)cccc1C(C)C. The number of carbonyl (C=O) groups is 2. The minimum absolute atomic E-state index is 0.0383. The summed E-state index contributed by atoms with van der Waals surface area (Å²) in [4.78, 5) is 42.0. The fourth-order valence-corrected chi connectivity index (χ4v) is 4.44. The van der Waals surface area contributed by atoms with Gasteiger partial charge in [-0.15, -0.1) is 11.3 Å². The Labute approximate surface area is 178 Å². The van der Waals surface area contributed by atoms with Crippen molar-refractivity contribution in [3.8, 4) is 0 Å². The molecule has 0 bridgehead atoms. The lowest BCUT2D eigenvalue weighted by molar-refractivity contribution is -0.116. The Hall–Kier alpha value is -3.00. The van der Waals surface area contributed by atoms with Gasteiger partial charge in [0.15, 0.2) is 0 Å². The molecule has 2 heterocycles. The smallest absolute Gasteiger partial charge is 0.337 e. The molecule has 3 rings (SSSR count). The summed E-state index contributed by atoms with van der Waals surface area (Å²) in [6.45, 7) is 9.64. The number of nitrogens with one attached hydrogen (secondary N) is 1. The van der Waals surface area contributed by atoms with Crippen LogP contribution in [-0.4, -0.2) is 26.5 Å². The highest BCUT2D eigenvalue weighted by Crippen LogP contribution is 2.32. The number of aryl methyl sites for hydroxylation is 1. The van der Waals surface area contributed by atoms with Gasteiger partial charge in [-0.05, 0) is 29.9 Å². The third-order valence-corrected chi connectivity index (χ3v) is 5.93. The van der Waals surface area contributed by atoms with Gasteiger partial charge in [-0.1, -0.05) is 45.9 Å². The first-order chi connectivity index (χ1) is 14.1. The van der Waals surface area contributed by atoms with Gasteiger partial charge in [0.05, 0.1) is 10.9 Å². The zero-order valence-corrected chi connectivity index (χ0v) is 18.5. The number of carboxylic acids is 1. The Morgan fingerprint density at radius 1 is 1.17 bits per heavy atom. The lowest BCUT2D eigenvalue weighted by atomic mass is 9.92. The molecule has 0 aliphatic carbocycles. The molecule has 158 valence electrons. The molecule has 2 N–H and O–H groups in total. The standard InChI is InChI=1S/C22H25N3O4S/c1-11(2)14-7-6-8-15(12(3)4)19(14)24-17(26)9-25-13(5)23-20-18(21(25)27)16(10-30-20)22(28)29/h6-8,10-12H,9H2,1-5H3,(H,24,26)(H,28,29). The quantitative estimate of drug-likeness (QED) is 0.609. The number of anilines is 1. The summed E-state index contributed by atoms with van der Waals surface area (Å²) >= 11 is 1.11. The lowest BCUT2D eigenvalue weighted by Crippen LogP contribution is -2.31. The number of benzene rings is 1. The van der Waals surface area contributed by atoms with Crippen LogP contribution < -0.4 is 10.9 Å². The summed E-state index contributed by atoms with van der Waals surface area (Å²) in [6.07, 6.45) is 0. The molecular weight excluding hydrogens is 402 g/mol. The molecule has 0 aliphatic rings. The summed E-state index contributed by atoms with van der Waals surface area (Å²) in [5, 5.41) is 13.8. The highest BCUT2D eigenvalue weighted by Gasteiger charge is 2.21. The van der Waals surface area contributed by atoms with Crippen molar-refractivity contribution in [1.29, 1.82) is 0 Å². The summed E-state index contributed by atoms with van der Waals surface area (Å²) in [5.74, 6) is -0.755. The van der Waals surface area contributed by atoms with Crippen molar-refractivity contribution >= 4 is 39.1 Å². The highest BCUT2D eigenvalue weighted by molar-refractivity contribution is 7.17. The summed E-state index contributed by atoms with van der Waals surface area (Å²) in [6, 6.07) is 5.96. The van der Waals surface area contributed by atoms with Crippen molar-refractivity contribution in [2.75, 3.05) is 5.32 Å². The Balaban J connectivity index is 2.00. The molecule has 1 aromatic carbocycles. The molecule has 0 fully saturated rings. The van der Waals surface area contributed by atoms with Gasteiger partial charge in [-0.3, -0.25) is 14.2 Å². The monoisotopic (exact) mass is 427 g/mol. The molecule has 2 aromatic heterocycles. The van der Waals surface area contributed by atoms with E-state index < -0.39 is 11.5 Å². The number of aromatic carboxylic acids is 1. The van der Waals surface area contributed by atoms with Crippen molar-refractivity contribution in [2.45, 2.75) is 53.0 Å². The number of fused-ring (bicyclic) bond motifs is 1. The van der Waals surface area contributed by atoms with Crippen LogP contribution in [0.25, 0.3) is 10.2 Å². The average molecular weight is 428 g/mol. The Bertz CT molecular complexity index is 1160. The van der Waals surface area contributed by atoms with Crippen LogP contribution in [0, 0.1) is 6.92 Å². The maximum Gasteiger partial charge on any atom is 0.337 e. The molecule has 0 saturated heterocycles. The first-order valence-electron chi connectivity index (χ1n) is 9.76. The lowest BCUT2D eigenvalue weighted by Gasteiger charge is -2.20. The number of amides is 1. The number of para-hydroxylation sites is 1. The largest absolute Gasteiger partial charge is 0.478 e. The van der Waals surface area contributed by atoms with Crippen molar-refractivity contribution in [3.63, 3.8) is 0 Å². The second-order valence-corrected chi connectivity index (χ2v) is 8.71. The molecule has 0 unspecified atom stereocenters. The number of aromatic nitrogens is 2. The second kappa shape index (κ2) is 8.39. The van der Waals surface area contributed by atoms with Gasteiger partial charge in [0.1, 0.15) is 17.2 Å². The number of carboxylic acid groups (broad SMARTS) is 1. The number of hydrogen-bond acceptors (Lipinski definition) is 5. The Kier molecular flexibility index (Phi) is 6.07. The number of nitrogens with zero attached hydrogens (tertiary/aromatic N) is 2. The molecule has 0 radical (unpaired) electrons. The van der Waals surface area contributed by atoms with E-state index in [9.17, 15) is 19.5 Å². The highest BCUT2D eigenvalue weighted by atomic mass is 32.1. The van der Waals surface area contributed by atoms with Gasteiger partial charge >= 0.3 is 5.97 Å². The summed E-state index contributed by atoms with van der Waals surface area (Å²) < 4.78 is 1.23. The molecular formula is C22H25N3O4S. The zero-order valence-electron chi connectivity index (χ0n) is 17.6. The van der Waals surface area contributed by atoms with Gasteiger partial charge < -0.3 is 10.4 Å². The van der Waals surface area contributed by atoms with Gasteiger partial charge in [-0.2, -0.15) is 0 Å². The van der Waals surface area contributed by atoms with Crippen LogP contribution in [0.15, 0.2) is 28.4 Å². The van der Waals surface area contributed by atoms with Crippen molar-refractivity contribution < 1.29 is 14.7 Å². The van der Waals surface area contributed by atoms with Crippen molar-refractivity contribution in [2.24, 2.45) is 0 Å². The molecule has 0 aliphatic heterocycles. The van der Waals surface area contributed by atoms with E-state index in [0.29, 0.717) is 10.7 Å². The van der Waals surface area contributed by atoms with E-state index in [1.54, 1.807) is 6.92 Å². The van der Waals surface area contributed by atoms with Crippen LogP contribution in [0.1, 0.15) is 66.8 Å². The minimum Gasteiger partial charge on any atom is -0.478 e. The number of thiophene rings is 1. The molecule has 0 saturated carbocycles. The molecule has 8 heteroatoms. The Morgan fingerprint density at radius 2 is 1.77 bits per heavy atom. The van der Waals surface area contributed by atoms with Crippen LogP contribution in [0.5, 0.6) is 0 Å². The number of carbonyl (C=O) groups excluding carboxylic acids is 1. The van der Waals surface area contributed by atoms with Gasteiger partial charge in [0.25, 0.3) is 5.56 Å². The number of hydrogen-bond donors (Lipinski definition) is 2. The third-order valence-electron chi connectivity index (χ3n) is 5.05. The van der Waals surface area contributed by atoms with E-state index in [1.807, 2.05) is 18.2 Å². The molecule has 0 atom stereocenters. The van der Waals surface area contributed by atoms with E-state index in [0.717, 1.165) is 28.2 Å². The fraction of sp³-hybridized carbons (Fsp3) is 0.364. The van der Waals surface area contributed by atoms with Crippen LogP contribution in [0.4, 0.5) is 5.69 Å². The van der Waals surface area contributed by atoms with Gasteiger partial charge in [0.2, 0.25) is 5.91 Å². The zero-order chi connectivity index (χ0) is 22.2. The summed E-state index contributed by atoms with van der Waals surface area (Å²) in [5.41, 5.74) is 2.21. The molecule has 0 spiro atoms. The van der Waals surface area contributed by atoms with Crippen molar-refractivity contribution in [3.05, 3.63) is 56.4 Å². The predicted molar refractivity (Wildman–Crippen MR) is 119 cm³/mol. The minimum atomic E-state index is -1.19. The van der Waals surface area contributed by atoms with Crippen molar-refractivity contribution in [1.82, 2.24) is 9.55 Å². The first kappa shape index (κ1) is 21.7. The molecule has 7 nitrogen and oxygen atoms in total. The molecule has 1 amide bonds. The third kappa shape index (κ3) is 4.00. The van der Waals surface area contributed by atoms with E-state index in [4.69, 9.17) is 0 Å². The van der Waals surface area contributed by atoms with Gasteiger partial charge in [-0.25, -0.2) is 9.78 Å². The van der Waals surface area contributed by atoms with Crippen LogP contribution in [0.2, 0.25) is 0 Å². The number of rotatable bonds is 6. The Morgan fingerprint density at radius 3 is 2.30 bits per heavy atom. The van der Waals surface area contributed by atoms with E-state index in [2.05, 4.69) is 38.0 Å². The predicted octanol–water partition coefficient (Wildman–Crippen LogP) is 4.35. The normalized spacial score (nSPS) is 11.4.